The number of halogens is 1. The van der Waals surface area contributed by atoms with Gasteiger partial charge in [0.1, 0.15) is 29.6 Å². The Bertz CT molecular complexity index is 968. The number of aryl methyl sites for hydroxylation is 1. The Kier molecular flexibility index (Phi) is 6.52. The molecule has 0 saturated heterocycles. The van der Waals surface area contributed by atoms with Crippen molar-refractivity contribution in [3.05, 3.63) is 75.9 Å². The van der Waals surface area contributed by atoms with E-state index in [-0.39, 0.29) is 5.78 Å². The monoisotopic (exact) mass is 442 g/mol. The van der Waals surface area contributed by atoms with Crippen LogP contribution in [0.4, 0.5) is 0 Å². The standard InChI is InChI=1S/C22H23BrN2O3/c1-4-25-22(20(23)13-24-25)21(26)12-11-18-9-10-19(28-18)14-27-17-7-5-16(6-8-17)15(2)3/h5-13,15H,4,14H2,1-3H3/b12-11+. The fourth-order valence-electron chi connectivity index (χ4n) is 2.75. The molecule has 2 aromatic heterocycles. The molecule has 5 nitrogen and oxygen atoms in total. The van der Waals surface area contributed by atoms with Crippen LogP contribution in [0.1, 0.15) is 54.3 Å². The van der Waals surface area contributed by atoms with Gasteiger partial charge in [0.2, 0.25) is 5.78 Å². The molecule has 0 amide bonds. The molecule has 3 aromatic rings. The first-order chi connectivity index (χ1) is 13.5. The average Bonchev–Trinajstić information content (AvgIpc) is 3.30. The van der Waals surface area contributed by atoms with E-state index in [1.54, 1.807) is 17.0 Å². The second kappa shape index (κ2) is 9.06. The second-order valence-corrected chi connectivity index (χ2v) is 7.53. The van der Waals surface area contributed by atoms with E-state index in [0.29, 0.717) is 40.8 Å². The van der Waals surface area contributed by atoms with E-state index in [1.807, 2.05) is 31.2 Å². The maximum atomic E-state index is 12.4. The van der Waals surface area contributed by atoms with Crippen LogP contribution in [0.25, 0.3) is 6.08 Å². The van der Waals surface area contributed by atoms with Gasteiger partial charge in [0.05, 0.1) is 10.7 Å². The van der Waals surface area contributed by atoms with Crippen molar-refractivity contribution < 1.29 is 13.9 Å². The Morgan fingerprint density at radius 3 is 2.68 bits per heavy atom. The molecule has 0 aliphatic carbocycles. The van der Waals surface area contributed by atoms with E-state index in [2.05, 4.69) is 47.0 Å². The lowest BCUT2D eigenvalue weighted by molar-refractivity contribution is 0.103. The van der Waals surface area contributed by atoms with Crippen LogP contribution in [-0.2, 0) is 13.2 Å². The lowest BCUT2D eigenvalue weighted by Crippen LogP contribution is -2.07. The summed E-state index contributed by atoms with van der Waals surface area (Å²) in [6.45, 7) is 7.22. The van der Waals surface area contributed by atoms with Gasteiger partial charge in [-0.1, -0.05) is 26.0 Å². The van der Waals surface area contributed by atoms with Crippen LogP contribution in [0.3, 0.4) is 0 Å². The molecule has 0 fully saturated rings. The minimum absolute atomic E-state index is 0.134. The van der Waals surface area contributed by atoms with Crippen molar-refractivity contribution >= 4 is 27.8 Å². The van der Waals surface area contributed by atoms with E-state index in [9.17, 15) is 4.79 Å². The summed E-state index contributed by atoms with van der Waals surface area (Å²) in [5.74, 6) is 2.45. The topological polar surface area (TPSA) is 57.3 Å². The first-order valence-electron chi connectivity index (χ1n) is 9.23. The van der Waals surface area contributed by atoms with Crippen molar-refractivity contribution in [3.8, 4) is 5.75 Å². The van der Waals surface area contributed by atoms with Crippen LogP contribution in [0.5, 0.6) is 5.75 Å². The lowest BCUT2D eigenvalue weighted by Gasteiger charge is -2.07. The zero-order valence-corrected chi connectivity index (χ0v) is 17.8. The number of carbonyl (C=O) groups excluding carboxylic acids is 1. The number of ketones is 1. The first-order valence-corrected chi connectivity index (χ1v) is 10.0. The van der Waals surface area contributed by atoms with Crippen LogP contribution in [-0.4, -0.2) is 15.6 Å². The fraction of sp³-hybridized carbons (Fsp3) is 0.273. The number of ether oxygens (including phenoxy) is 1. The fourth-order valence-corrected chi connectivity index (χ4v) is 3.24. The maximum absolute atomic E-state index is 12.4. The molecule has 0 aliphatic heterocycles. The third-order valence-corrected chi connectivity index (χ3v) is 4.92. The number of aromatic nitrogens is 2. The van der Waals surface area contributed by atoms with E-state index in [0.717, 1.165) is 5.75 Å². The predicted molar refractivity (Wildman–Crippen MR) is 113 cm³/mol. The number of hydrogen-bond acceptors (Lipinski definition) is 4. The van der Waals surface area contributed by atoms with Gasteiger partial charge < -0.3 is 9.15 Å². The molecule has 2 heterocycles. The highest BCUT2D eigenvalue weighted by Gasteiger charge is 2.14. The summed E-state index contributed by atoms with van der Waals surface area (Å²) in [5, 5.41) is 4.16. The van der Waals surface area contributed by atoms with Crippen molar-refractivity contribution in [1.29, 1.82) is 0 Å². The Labute approximate surface area is 173 Å². The summed E-state index contributed by atoms with van der Waals surface area (Å²) in [7, 11) is 0. The molecule has 0 N–H and O–H groups in total. The van der Waals surface area contributed by atoms with Gasteiger partial charge in [-0.3, -0.25) is 9.48 Å². The van der Waals surface area contributed by atoms with Gasteiger partial charge in [-0.05, 0) is 70.8 Å². The quantitative estimate of drug-likeness (QED) is 0.323. The summed E-state index contributed by atoms with van der Waals surface area (Å²) >= 11 is 3.37. The predicted octanol–water partition coefficient (Wildman–Crippen LogP) is 5.86. The molecule has 0 atom stereocenters. The zero-order chi connectivity index (χ0) is 20.1. The van der Waals surface area contributed by atoms with Gasteiger partial charge in [-0.25, -0.2) is 0 Å². The third kappa shape index (κ3) is 4.81. The van der Waals surface area contributed by atoms with Crippen LogP contribution in [0.15, 0.2) is 57.6 Å². The Balaban J connectivity index is 1.60. The van der Waals surface area contributed by atoms with Crippen LogP contribution in [0.2, 0.25) is 0 Å². The highest BCUT2D eigenvalue weighted by Crippen LogP contribution is 2.21. The van der Waals surface area contributed by atoms with E-state index < -0.39 is 0 Å². The van der Waals surface area contributed by atoms with Gasteiger partial charge in [0, 0.05) is 6.54 Å². The summed E-state index contributed by atoms with van der Waals surface area (Å²) in [6.07, 6.45) is 4.77. The average molecular weight is 443 g/mol. The zero-order valence-electron chi connectivity index (χ0n) is 16.2. The summed E-state index contributed by atoms with van der Waals surface area (Å²) in [5.41, 5.74) is 1.80. The molecule has 0 unspecified atom stereocenters. The minimum atomic E-state index is -0.134. The minimum Gasteiger partial charge on any atom is -0.486 e. The molecule has 0 bridgehead atoms. The van der Waals surface area contributed by atoms with Gasteiger partial charge in [-0.2, -0.15) is 5.10 Å². The van der Waals surface area contributed by atoms with Gasteiger partial charge in [0.25, 0.3) is 0 Å². The number of carbonyl (C=O) groups is 1. The van der Waals surface area contributed by atoms with Crippen molar-refractivity contribution in [2.75, 3.05) is 0 Å². The SMILES string of the molecule is CCn1ncc(Br)c1C(=O)/C=C/c1ccc(COc2ccc(C(C)C)cc2)o1. The third-order valence-electron chi connectivity index (χ3n) is 4.34. The van der Waals surface area contributed by atoms with E-state index in [1.165, 1.54) is 11.6 Å². The number of benzene rings is 1. The number of hydrogen-bond donors (Lipinski definition) is 0. The summed E-state index contributed by atoms with van der Waals surface area (Å²) in [4.78, 5) is 12.4. The molecule has 0 radical (unpaired) electrons. The van der Waals surface area contributed by atoms with Crippen molar-refractivity contribution in [2.24, 2.45) is 0 Å². The molecule has 0 saturated carbocycles. The summed E-state index contributed by atoms with van der Waals surface area (Å²) < 4.78 is 13.8. The normalized spacial score (nSPS) is 11.5. The first kappa shape index (κ1) is 20.1. The Morgan fingerprint density at radius 1 is 1.25 bits per heavy atom. The van der Waals surface area contributed by atoms with Gasteiger partial charge in [0.15, 0.2) is 0 Å². The van der Waals surface area contributed by atoms with Crippen LogP contribution in [0, 0.1) is 0 Å². The molecule has 146 valence electrons. The number of allylic oxidation sites excluding steroid dienone is 1. The number of nitrogens with zero attached hydrogens (tertiary/aromatic N) is 2. The Morgan fingerprint density at radius 2 is 2.00 bits per heavy atom. The molecule has 1 aromatic carbocycles. The molecular weight excluding hydrogens is 420 g/mol. The molecule has 3 rings (SSSR count). The van der Waals surface area contributed by atoms with Crippen LogP contribution >= 0.6 is 15.9 Å². The largest absolute Gasteiger partial charge is 0.486 e. The highest BCUT2D eigenvalue weighted by atomic mass is 79.9. The van der Waals surface area contributed by atoms with E-state index >= 15 is 0 Å². The highest BCUT2D eigenvalue weighted by molar-refractivity contribution is 9.10. The molecule has 0 spiro atoms. The molecule has 6 heteroatoms. The molecule has 28 heavy (non-hydrogen) atoms. The van der Waals surface area contributed by atoms with Crippen molar-refractivity contribution in [2.45, 2.75) is 39.8 Å². The maximum Gasteiger partial charge on any atom is 0.205 e. The van der Waals surface area contributed by atoms with Crippen molar-refractivity contribution in [3.63, 3.8) is 0 Å². The smallest absolute Gasteiger partial charge is 0.205 e. The lowest BCUT2D eigenvalue weighted by atomic mass is 10.0. The van der Waals surface area contributed by atoms with Gasteiger partial charge in [-0.15, -0.1) is 0 Å². The second-order valence-electron chi connectivity index (χ2n) is 6.67. The number of rotatable bonds is 8. The molecular formula is C22H23BrN2O3. The van der Waals surface area contributed by atoms with Crippen LogP contribution < -0.4 is 4.74 Å². The Hall–Kier alpha value is -2.60. The van der Waals surface area contributed by atoms with E-state index in [4.69, 9.17) is 9.15 Å². The van der Waals surface area contributed by atoms with Gasteiger partial charge >= 0.3 is 0 Å². The number of furan rings is 1. The molecule has 0 aliphatic rings. The van der Waals surface area contributed by atoms with Crippen molar-refractivity contribution in [1.82, 2.24) is 9.78 Å². The summed E-state index contributed by atoms with van der Waals surface area (Å²) in [6, 6.07) is 11.7.